The van der Waals surface area contributed by atoms with Crippen molar-refractivity contribution in [2.24, 2.45) is 0 Å². The van der Waals surface area contributed by atoms with Crippen molar-refractivity contribution in [1.82, 2.24) is 0 Å². The Kier molecular flexibility index (Phi) is 3.89. The van der Waals surface area contributed by atoms with Crippen LogP contribution >= 0.6 is 0 Å². The average Bonchev–Trinajstić information content (AvgIpc) is 2.85. The molecule has 1 saturated carbocycles. The Bertz CT molecular complexity index is 536. The van der Waals surface area contributed by atoms with Gasteiger partial charge in [-0.2, -0.15) is 0 Å². The Hall–Kier alpha value is -1.55. The van der Waals surface area contributed by atoms with Crippen molar-refractivity contribution >= 4 is 17.3 Å². The van der Waals surface area contributed by atoms with E-state index in [0.717, 1.165) is 50.8 Å². The van der Waals surface area contributed by atoms with Gasteiger partial charge in [-0.15, -0.1) is 0 Å². The molecule has 2 aliphatic rings. The highest BCUT2D eigenvalue weighted by Crippen LogP contribution is 2.33. The smallest absolute Gasteiger partial charge is 0.227 e. The van der Waals surface area contributed by atoms with E-state index in [9.17, 15) is 9.90 Å². The monoisotopic (exact) mass is 288 g/mol. The van der Waals surface area contributed by atoms with Crippen molar-refractivity contribution in [2.75, 3.05) is 23.8 Å². The molecule has 1 aromatic carbocycles. The maximum atomic E-state index is 12.1. The van der Waals surface area contributed by atoms with E-state index < -0.39 is 5.60 Å². The average molecular weight is 288 g/mol. The number of anilines is 2. The van der Waals surface area contributed by atoms with Crippen LogP contribution in [0.1, 0.15) is 44.1 Å². The zero-order valence-electron chi connectivity index (χ0n) is 12.7. The van der Waals surface area contributed by atoms with Crippen molar-refractivity contribution < 1.29 is 9.90 Å². The van der Waals surface area contributed by atoms with Gasteiger partial charge in [0, 0.05) is 25.0 Å². The number of aryl methyl sites for hydroxylation is 1. The van der Waals surface area contributed by atoms with Gasteiger partial charge >= 0.3 is 0 Å². The van der Waals surface area contributed by atoms with Gasteiger partial charge in [0.25, 0.3) is 0 Å². The van der Waals surface area contributed by atoms with E-state index in [-0.39, 0.29) is 12.3 Å². The zero-order valence-corrected chi connectivity index (χ0v) is 12.7. The molecule has 0 bridgehead atoms. The van der Waals surface area contributed by atoms with E-state index in [1.165, 1.54) is 11.3 Å². The zero-order chi connectivity index (χ0) is 14.9. The number of aliphatic hydroxyl groups is 1. The summed E-state index contributed by atoms with van der Waals surface area (Å²) >= 11 is 0. The molecule has 3 rings (SSSR count). The molecule has 4 nitrogen and oxygen atoms in total. The van der Waals surface area contributed by atoms with Gasteiger partial charge in [0.15, 0.2) is 0 Å². The minimum Gasteiger partial charge on any atom is -0.389 e. The molecule has 0 atom stereocenters. The first-order chi connectivity index (χ1) is 10.1. The summed E-state index contributed by atoms with van der Waals surface area (Å²) in [7, 11) is 2.10. The second-order valence-corrected chi connectivity index (χ2v) is 6.53. The summed E-state index contributed by atoms with van der Waals surface area (Å²) in [5.74, 6) is -0.0801. The summed E-state index contributed by atoms with van der Waals surface area (Å²) in [4.78, 5) is 14.4. The molecule has 2 N–H and O–H groups in total. The Balaban J connectivity index is 1.66. The number of nitrogens with zero attached hydrogens (tertiary/aromatic N) is 1. The lowest BCUT2D eigenvalue weighted by molar-refractivity contribution is -0.120. The van der Waals surface area contributed by atoms with Crippen molar-refractivity contribution in [2.45, 2.75) is 50.5 Å². The van der Waals surface area contributed by atoms with E-state index >= 15 is 0 Å². The van der Waals surface area contributed by atoms with E-state index in [1.807, 2.05) is 6.07 Å². The normalized spacial score (nSPS) is 20.2. The van der Waals surface area contributed by atoms with Crippen LogP contribution in [-0.2, 0) is 11.2 Å². The number of hydrogen-bond donors (Lipinski definition) is 2. The van der Waals surface area contributed by atoms with Gasteiger partial charge in [-0.1, -0.05) is 12.8 Å². The van der Waals surface area contributed by atoms with Crippen molar-refractivity contribution in [3.05, 3.63) is 23.8 Å². The number of rotatable bonds is 3. The van der Waals surface area contributed by atoms with E-state index in [4.69, 9.17) is 0 Å². The van der Waals surface area contributed by atoms with Gasteiger partial charge in [0.2, 0.25) is 5.91 Å². The van der Waals surface area contributed by atoms with Crippen molar-refractivity contribution in [3.63, 3.8) is 0 Å². The van der Waals surface area contributed by atoms with Crippen LogP contribution < -0.4 is 10.2 Å². The summed E-state index contributed by atoms with van der Waals surface area (Å²) < 4.78 is 0. The lowest BCUT2D eigenvalue weighted by Crippen LogP contribution is -2.31. The van der Waals surface area contributed by atoms with Crippen molar-refractivity contribution in [1.29, 1.82) is 0 Å². The van der Waals surface area contributed by atoms with E-state index in [0.29, 0.717) is 0 Å². The van der Waals surface area contributed by atoms with Gasteiger partial charge in [-0.3, -0.25) is 4.79 Å². The van der Waals surface area contributed by atoms with Crippen LogP contribution in [0.25, 0.3) is 0 Å². The van der Waals surface area contributed by atoms with Crippen LogP contribution in [0.15, 0.2) is 18.2 Å². The molecule has 1 heterocycles. The first-order valence-electron chi connectivity index (χ1n) is 7.92. The maximum Gasteiger partial charge on any atom is 0.227 e. The van der Waals surface area contributed by atoms with Crippen LogP contribution in [0.5, 0.6) is 0 Å². The van der Waals surface area contributed by atoms with Crippen LogP contribution in [-0.4, -0.2) is 30.2 Å². The molecule has 1 aliphatic heterocycles. The number of benzene rings is 1. The predicted molar refractivity (Wildman–Crippen MR) is 84.7 cm³/mol. The summed E-state index contributed by atoms with van der Waals surface area (Å²) in [6, 6.07) is 6.10. The van der Waals surface area contributed by atoms with Gasteiger partial charge < -0.3 is 15.3 Å². The Morgan fingerprint density at radius 3 is 2.86 bits per heavy atom. The molecular weight excluding hydrogens is 264 g/mol. The minimum absolute atomic E-state index is 0.0801. The Labute approximate surface area is 126 Å². The summed E-state index contributed by atoms with van der Waals surface area (Å²) in [5, 5.41) is 13.2. The standard InChI is InChI=1S/C17H24N2O2/c1-19-10-4-5-13-11-14(6-7-15(13)19)18-16(20)12-17(21)8-2-3-9-17/h6-7,11,21H,2-5,8-10,12H2,1H3,(H,18,20). The second-order valence-electron chi connectivity index (χ2n) is 6.53. The number of carbonyl (C=O) groups is 1. The SMILES string of the molecule is CN1CCCc2cc(NC(=O)CC3(O)CCCC3)ccc21. The van der Waals surface area contributed by atoms with Gasteiger partial charge in [0.1, 0.15) is 0 Å². The van der Waals surface area contributed by atoms with E-state index in [1.54, 1.807) is 0 Å². The summed E-state index contributed by atoms with van der Waals surface area (Å²) in [6.45, 7) is 1.09. The predicted octanol–water partition coefficient (Wildman–Crippen LogP) is 2.70. The van der Waals surface area contributed by atoms with Crippen molar-refractivity contribution in [3.8, 4) is 0 Å². The number of hydrogen-bond acceptors (Lipinski definition) is 3. The highest BCUT2D eigenvalue weighted by molar-refractivity contribution is 5.91. The highest BCUT2D eigenvalue weighted by atomic mass is 16.3. The number of nitrogens with one attached hydrogen (secondary N) is 1. The second kappa shape index (κ2) is 5.68. The first-order valence-corrected chi connectivity index (χ1v) is 7.92. The van der Waals surface area contributed by atoms with Crippen LogP contribution in [0, 0.1) is 0 Å². The van der Waals surface area contributed by atoms with Gasteiger partial charge in [-0.05, 0) is 49.4 Å². The number of amides is 1. The van der Waals surface area contributed by atoms with Gasteiger partial charge in [-0.25, -0.2) is 0 Å². The topological polar surface area (TPSA) is 52.6 Å². The molecule has 0 saturated heterocycles. The molecule has 4 heteroatoms. The third-order valence-electron chi connectivity index (χ3n) is 4.74. The fraction of sp³-hybridized carbons (Fsp3) is 0.588. The molecule has 21 heavy (non-hydrogen) atoms. The number of carbonyl (C=O) groups excluding carboxylic acids is 1. The lowest BCUT2D eigenvalue weighted by atomic mass is 9.97. The molecule has 0 radical (unpaired) electrons. The quantitative estimate of drug-likeness (QED) is 0.899. The largest absolute Gasteiger partial charge is 0.389 e. The molecular formula is C17H24N2O2. The Morgan fingerprint density at radius 1 is 1.33 bits per heavy atom. The molecule has 0 unspecified atom stereocenters. The lowest BCUT2D eigenvalue weighted by Gasteiger charge is -2.28. The van der Waals surface area contributed by atoms with Crippen LogP contribution in [0.3, 0.4) is 0 Å². The number of fused-ring (bicyclic) bond motifs is 1. The van der Waals surface area contributed by atoms with Gasteiger partial charge in [0.05, 0.1) is 12.0 Å². The minimum atomic E-state index is -0.779. The summed E-state index contributed by atoms with van der Waals surface area (Å²) in [5.41, 5.74) is 2.61. The highest BCUT2D eigenvalue weighted by Gasteiger charge is 2.33. The molecule has 1 amide bonds. The molecule has 1 fully saturated rings. The third kappa shape index (κ3) is 3.21. The third-order valence-corrected chi connectivity index (χ3v) is 4.74. The van der Waals surface area contributed by atoms with Crippen LogP contribution in [0.2, 0.25) is 0 Å². The van der Waals surface area contributed by atoms with Crippen LogP contribution in [0.4, 0.5) is 11.4 Å². The molecule has 0 spiro atoms. The Morgan fingerprint density at radius 2 is 2.10 bits per heavy atom. The molecule has 0 aromatic heterocycles. The fourth-order valence-corrected chi connectivity index (χ4v) is 3.58. The molecule has 1 aromatic rings. The molecule has 114 valence electrons. The maximum absolute atomic E-state index is 12.1. The molecule has 1 aliphatic carbocycles. The fourth-order valence-electron chi connectivity index (χ4n) is 3.58. The summed E-state index contributed by atoms with van der Waals surface area (Å²) in [6.07, 6.45) is 5.96. The first kappa shape index (κ1) is 14.4. The van der Waals surface area contributed by atoms with E-state index in [2.05, 4.69) is 29.4 Å².